The van der Waals surface area contributed by atoms with Crippen LogP contribution in [0.5, 0.6) is 0 Å². The van der Waals surface area contributed by atoms with Crippen LogP contribution in [0.3, 0.4) is 0 Å². The van der Waals surface area contributed by atoms with Crippen molar-refractivity contribution in [3.05, 3.63) is 29.3 Å². The van der Waals surface area contributed by atoms with Gasteiger partial charge in [-0.2, -0.15) is 0 Å². The first-order valence-corrected chi connectivity index (χ1v) is 7.70. The Hall–Kier alpha value is -1.88. The summed E-state index contributed by atoms with van der Waals surface area (Å²) < 4.78 is 5.48. The van der Waals surface area contributed by atoms with Crippen LogP contribution in [0.1, 0.15) is 30.9 Å². The fourth-order valence-electron chi connectivity index (χ4n) is 2.72. The molecule has 5 nitrogen and oxygen atoms in total. The predicted octanol–water partition coefficient (Wildman–Crippen LogP) is 1.95. The van der Waals surface area contributed by atoms with Crippen molar-refractivity contribution in [3.63, 3.8) is 0 Å². The molecule has 1 aliphatic heterocycles. The number of hydrogen-bond donors (Lipinski definition) is 1. The summed E-state index contributed by atoms with van der Waals surface area (Å²) in [4.78, 5) is 25.5. The molecule has 1 heterocycles. The summed E-state index contributed by atoms with van der Waals surface area (Å²) in [5, 5.41) is 2.85. The van der Waals surface area contributed by atoms with Crippen LogP contribution in [0.4, 0.5) is 5.69 Å². The Morgan fingerprint density at radius 2 is 1.95 bits per heavy atom. The smallest absolute Gasteiger partial charge is 0.240 e. The van der Waals surface area contributed by atoms with Gasteiger partial charge in [-0.15, -0.1) is 0 Å². The van der Waals surface area contributed by atoms with Crippen LogP contribution in [-0.2, 0) is 14.3 Å². The lowest BCUT2D eigenvalue weighted by Crippen LogP contribution is -2.42. The number of aryl methyl sites for hydroxylation is 2. The number of rotatable bonds is 5. The van der Waals surface area contributed by atoms with Crippen molar-refractivity contribution >= 4 is 17.5 Å². The molecule has 0 saturated carbocycles. The molecule has 0 radical (unpaired) electrons. The van der Waals surface area contributed by atoms with Gasteiger partial charge in [0.2, 0.25) is 11.8 Å². The molecule has 2 amide bonds. The molecule has 0 aromatic heterocycles. The first-order valence-electron chi connectivity index (χ1n) is 7.70. The largest absolute Gasteiger partial charge is 0.376 e. The van der Waals surface area contributed by atoms with E-state index in [1.165, 1.54) is 11.8 Å². The third kappa shape index (κ3) is 4.56. The van der Waals surface area contributed by atoms with Crippen LogP contribution < -0.4 is 10.2 Å². The molecule has 0 spiro atoms. The van der Waals surface area contributed by atoms with Crippen LogP contribution in [0.25, 0.3) is 0 Å². The Morgan fingerprint density at radius 1 is 1.27 bits per heavy atom. The number of nitrogens with zero attached hydrogens (tertiary/aromatic N) is 1. The van der Waals surface area contributed by atoms with Crippen molar-refractivity contribution in [1.82, 2.24) is 5.32 Å². The first kappa shape index (κ1) is 16.5. The van der Waals surface area contributed by atoms with E-state index in [0.29, 0.717) is 6.54 Å². The summed E-state index contributed by atoms with van der Waals surface area (Å²) in [6.45, 7) is 6.74. The second kappa shape index (κ2) is 7.40. The van der Waals surface area contributed by atoms with Gasteiger partial charge in [0, 0.05) is 25.8 Å². The van der Waals surface area contributed by atoms with E-state index in [-0.39, 0.29) is 24.5 Å². The topological polar surface area (TPSA) is 58.6 Å². The Labute approximate surface area is 131 Å². The van der Waals surface area contributed by atoms with Gasteiger partial charge in [0.15, 0.2) is 0 Å². The van der Waals surface area contributed by atoms with E-state index >= 15 is 0 Å². The number of carbonyl (C=O) groups excluding carboxylic acids is 2. The molecule has 120 valence electrons. The summed E-state index contributed by atoms with van der Waals surface area (Å²) in [6, 6.07) is 5.88. The Balaban J connectivity index is 1.98. The SMILES string of the molecule is CC(=O)N(CC(=O)NCC1CCCO1)c1cc(C)cc(C)c1. The molecule has 1 aromatic rings. The second-order valence-corrected chi connectivity index (χ2v) is 5.89. The van der Waals surface area contributed by atoms with Gasteiger partial charge in [-0.25, -0.2) is 0 Å². The van der Waals surface area contributed by atoms with Crippen molar-refractivity contribution in [1.29, 1.82) is 0 Å². The van der Waals surface area contributed by atoms with Gasteiger partial charge < -0.3 is 15.0 Å². The maximum atomic E-state index is 12.1. The van der Waals surface area contributed by atoms with Crippen LogP contribution in [-0.4, -0.2) is 37.6 Å². The van der Waals surface area contributed by atoms with E-state index in [1.54, 1.807) is 0 Å². The molecule has 0 bridgehead atoms. The van der Waals surface area contributed by atoms with Gasteiger partial charge in [0.1, 0.15) is 6.54 Å². The highest BCUT2D eigenvalue weighted by Crippen LogP contribution is 2.19. The van der Waals surface area contributed by atoms with Gasteiger partial charge in [0.05, 0.1) is 6.10 Å². The monoisotopic (exact) mass is 304 g/mol. The lowest BCUT2D eigenvalue weighted by atomic mass is 10.1. The van der Waals surface area contributed by atoms with Crippen molar-refractivity contribution < 1.29 is 14.3 Å². The van der Waals surface area contributed by atoms with Gasteiger partial charge in [0.25, 0.3) is 0 Å². The summed E-state index contributed by atoms with van der Waals surface area (Å²) in [6.07, 6.45) is 2.13. The fourth-order valence-corrected chi connectivity index (χ4v) is 2.72. The summed E-state index contributed by atoms with van der Waals surface area (Å²) >= 11 is 0. The normalized spacial score (nSPS) is 17.3. The quantitative estimate of drug-likeness (QED) is 0.904. The lowest BCUT2D eigenvalue weighted by Gasteiger charge is -2.22. The average molecular weight is 304 g/mol. The van der Waals surface area contributed by atoms with E-state index in [9.17, 15) is 9.59 Å². The molecular formula is C17H24N2O3. The zero-order valence-electron chi connectivity index (χ0n) is 13.5. The van der Waals surface area contributed by atoms with E-state index in [1.807, 2.05) is 32.0 Å². The summed E-state index contributed by atoms with van der Waals surface area (Å²) in [5.41, 5.74) is 2.90. The minimum absolute atomic E-state index is 0.0327. The highest BCUT2D eigenvalue weighted by molar-refractivity contribution is 5.97. The van der Waals surface area contributed by atoms with Crippen molar-refractivity contribution in [2.75, 3.05) is 24.6 Å². The van der Waals surface area contributed by atoms with Crippen molar-refractivity contribution in [2.45, 2.75) is 39.7 Å². The van der Waals surface area contributed by atoms with Crippen LogP contribution in [0.2, 0.25) is 0 Å². The maximum absolute atomic E-state index is 12.1. The number of amides is 2. The molecule has 22 heavy (non-hydrogen) atoms. The van der Waals surface area contributed by atoms with Gasteiger partial charge >= 0.3 is 0 Å². The predicted molar refractivity (Wildman–Crippen MR) is 85.9 cm³/mol. The number of carbonyl (C=O) groups is 2. The average Bonchev–Trinajstić information content (AvgIpc) is 2.94. The van der Waals surface area contributed by atoms with Crippen molar-refractivity contribution in [3.8, 4) is 0 Å². The molecule has 1 aliphatic rings. The second-order valence-electron chi connectivity index (χ2n) is 5.89. The molecule has 1 atom stereocenters. The highest BCUT2D eigenvalue weighted by Gasteiger charge is 2.19. The molecule has 0 aliphatic carbocycles. The van der Waals surface area contributed by atoms with Crippen LogP contribution in [0.15, 0.2) is 18.2 Å². The van der Waals surface area contributed by atoms with Gasteiger partial charge in [-0.3, -0.25) is 9.59 Å². The maximum Gasteiger partial charge on any atom is 0.240 e. The fraction of sp³-hybridized carbons (Fsp3) is 0.529. The van der Waals surface area contributed by atoms with E-state index < -0.39 is 0 Å². The number of anilines is 1. The van der Waals surface area contributed by atoms with Gasteiger partial charge in [-0.05, 0) is 49.9 Å². The number of hydrogen-bond acceptors (Lipinski definition) is 3. The molecule has 5 heteroatoms. The lowest BCUT2D eigenvalue weighted by molar-refractivity contribution is -0.123. The standard InChI is InChI=1S/C17H24N2O3/c1-12-7-13(2)9-15(8-12)19(14(3)20)11-17(21)18-10-16-5-4-6-22-16/h7-9,16H,4-6,10-11H2,1-3H3,(H,18,21). The Morgan fingerprint density at radius 3 is 2.50 bits per heavy atom. The van der Waals surface area contributed by atoms with Crippen LogP contribution in [0, 0.1) is 13.8 Å². The van der Waals surface area contributed by atoms with E-state index in [4.69, 9.17) is 4.74 Å². The zero-order valence-corrected chi connectivity index (χ0v) is 13.5. The molecule has 1 saturated heterocycles. The Kier molecular flexibility index (Phi) is 5.55. The number of nitrogens with one attached hydrogen (secondary N) is 1. The third-order valence-electron chi connectivity index (χ3n) is 3.75. The first-order chi connectivity index (χ1) is 10.5. The van der Waals surface area contributed by atoms with Gasteiger partial charge in [-0.1, -0.05) is 6.07 Å². The van der Waals surface area contributed by atoms with E-state index in [2.05, 4.69) is 5.32 Å². The molecule has 1 fully saturated rings. The Bertz CT molecular complexity index is 531. The molecule has 1 N–H and O–H groups in total. The third-order valence-corrected chi connectivity index (χ3v) is 3.75. The highest BCUT2D eigenvalue weighted by atomic mass is 16.5. The minimum atomic E-state index is -0.162. The van der Waals surface area contributed by atoms with Crippen molar-refractivity contribution in [2.24, 2.45) is 0 Å². The van der Waals surface area contributed by atoms with Crippen LogP contribution >= 0.6 is 0 Å². The zero-order chi connectivity index (χ0) is 16.1. The molecular weight excluding hydrogens is 280 g/mol. The summed E-state index contributed by atoms with van der Waals surface area (Å²) in [7, 11) is 0. The molecule has 1 aromatic carbocycles. The number of ether oxygens (including phenoxy) is 1. The number of benzene rings is 1. The molecule has 1 unspecified atom stereocenters. The van der Waals surface area contributed by atoms with E-state index in [0.717, 1.165) is 36.3 Å². The minimum Gasteiger partial charge on any atom is -0.376 e. The summed E-state index contributed by atoms with van der Waals surface area (Å²) in [5.74, 6) is -0.304. The molecule has 2 rings (SSSR count).